The molecule has 7 heteroatoms. The van der Waals surface area contributed by atoms with Crippen LogP contribution in [0.15, 0.2) is 0 Å². The van der Waals surface area contributed by atoms with Gasteiger partial charge in [-0.25, -0.2) is 0 Å². The first kappa shape index (κ1) is 16.2. The molecule has 1 unspecified atom stereocenters. The summed E-state index contributed by atoms with van der Waals surface area (Å²) >= 11 is 4.94. The number of hydrogen-bond donors (Lipinski definition) is 1. The van der Waals surface area contributed by atoms with Crippen LogP contribution < -0.4 is 10.5 Å². The predicted octanol–water partition coefficient (Wildman–Crippen LogP) is 1.83. The second-order valence-electron chi connectivity index (χ2n) is 4.49. The van der Waals surface area contributed by atoms with E-state index in [0.29, 0.717) is 12.5 Å². The molecule has 19 heavy (non-hydrogen) atoms. The molecule has 1 aromatic heterocycles. The lowest BCUT2D eigenvalue weighted by atomic mass is 10.1. The second kappa shape index (κ2) is 7.07. The number of nitrogens with two attached hydrogens (primary N) is 1. The number of unbranched alkanes of at least 4 members (excludes halogenated alkanes) is 1. The zero-order valence-electron chi connectivity index (χ0n) is 11.2. The van der Waals surface area contributed by atoms with Gasteiger partial charge in [0.15, 0.2) is 5.11 Å². The first-order chi connectivity index (χ1) is 8.63. The van der Waals surface area contributed by atoms with E-state index in [0.717, 1.165) is 37.1 Å². The highest BCUT2D eigenvalue weighted by Gasteiger charge is 2.30. The Morgan fingerprint density at radius 2 is 2.37 bits per heavy atom. The third kappa shape index (κ3) is 3.58. The lowest BCUT2D eigenvalue weighted by molar-refractivity contribution is 0.0562. The molecule has 1 aliphatic heterocycles. The van der Waals surface area contributed by atoms with Crippen LogP contribution in [0.5, 0.6) is 5.88 Å². The molecule has 0 aliphatic carbocycles. The number of aryl methyl sites for hydroxylation is 1. The van der Waals surface area contributed by atoms with Crippen molar-refractivity contribution in [3.8, 4) is 5.88 Å². The fraction of sp³-hybridized carbons (Fsp3) is 0.667. The maximum absolute atomic E-state index is 5.81. The van der Waals surface area contributed by atoms with E-state index in [4.69, 9.17) is 27.4 Å². The summed E-state index contributed by atoms with van der Waals surface area (Å²) in [5.74, 6) is 0.684. The molecule has 2 N–H and O–H groups in total. The molecular weight excluding hydrogens is 286 g/mol. The lowest BCUT2D eigenvalue weighted by Crippen LogP contribution is -2.25. The fourth-order valence-corrected chi connectivity index (χ4v) is 2.15. The van der Waals surface area contributed by atoms with Crippen LogP contribution in [0.3, 0.4) is 0 Å². The van der Waals surface area contributed by atoms with Crippen molar-refractivity contribution >= 4 is 29.7 Å². The van der Waals surface area contributed by atoms with Crippen LogP contribution in [0.4, 0.5) is 0 Å². The van der Waals surface area contributed by atoms with Gasteiger partial charge >= 0.3 is 0 Å². The Labute approximate surface area is 124 Å². The number of halogens is 1. The van der Waals surface area contributed by atoms with Gasteiger partial charge in [0.05, 0.1) is 12.3 Å². The predicted molar refractivity (Wildman–Crippen MR) is 80.2 cm³/mol. The molecule has 0 saturated heterocycles. The zero-order chi connectivity index (χ0) is 13.1. The molecule has 2 rings (SSSR count). The van der Waals surface area contributed by atoms with Crippen LogP contribution in [0, 0.1) is 6.92 Å². The Bertz CT molecular complexity index is 450. The molecule has 0 bridgehead atoms. The molecule has 0 aromatic carbocycles. The van der Waals surface area contributed by atoms with E-state index in [1.165, 1.54) is 4.68 Å². The summed E-state index contributed by atoms with van der Waals surface area (Å²) < 4.78 is 12.9. The molecule has 2 heterocycles. The van der Waals surface area contributed by atoms with Gasteiger partial charge in [-0.2, -0.15) is 9.78 Å². The summed E-state index contributed by atoms with van der Waals surface area (Å²) in [4.78, 5) is 0. The van der Waals surface area contributed by atoms with E-state index in [1.807, 2.05) is 6.92 Å². The summed E-state index contributed by atoms with van der Waals surface area (Å²) in [7, 11) is 0. The molecule has 0 radical (unpaired) electrons. The number of thiocarbonyl (C=S) groups is 1. The minimum Gasteiger partial charge on any atom is -0.471 e. The van der Waals surface area contributed by atoms with E-state index >= 15 is 0 Å². The number of nitrogens with zero attached hydrogens (tertiary/aromatic N) is 2. The highest BCUT2D eigenvalue weighted by molar-refractivity contribution is 7.80. The topological polar surface area (TPSA) is 62.3 Å². The van der Waals surface area contributed by atoms with Crippen molar-refractivity contribution in [1.29, 1.82) is 0 Å². The quantitative estimate of drug-likeness (QED) is 0.664. The molecular formula is C12H20ClN3O2S. The van der Waals surface area contributed by atoms with Crippen molar-refractivity contribution in [1.82, 2.24) is 9.78 Å². The van der Waals surface area contributed by atoms with Gasteiger partial charge in [-0.15, -0.1) is 12.4 Å². The second-order valence-corrected chi connectivity index (χ2v) is 4.91. The van der Waals surface area contributed by atoms with Crippen LogP contribution >= 0.6 is 24.6 Å². The normalized spacial score (nSPS) is 16.6. The van der Waals surface area contributed by atoms with Crippen molar-refractivity contribution in [2.75, 3.05) is 13.2 Å². The average Bonchev–Trinajstić information content (AvgIpc) is 2.86. The summed E-state index contributed by atoms with van der Waals surface area (Å²) in [6, 6.07) is 0. The number of aromatic nitrogens is 2. The number of rotatable bonds is 5. The Morgan fingerprint density at radius 1 is 1.63 bits per heavy atom. The molecule has 0 saturated carbocycles. The van der Waals surface area contributed by atoms with Gasteiger partial charge in [0.1, 0.15) is 6.10 Å². The van der Waals surface area contributed by atoms with Crippen LogP contribution in [0.2, 0.25) is 0 Å². The molecule has 0 spiro atoms. The van der Waals surface area contributed by atoms with Crippen molar-refractivity contribution in [2.45, 2.75) is 39.2 Å². The standard InChI is InChI=1S/C12H19N3O2S.ClH/c1-3-4-5-16-7-9-6-10-8(2)14-15(12(13)18)11(10)17-9;/h9H,3-7H2,1-2H3,(H2,13,18);1H. The monoisotopic (exact) mass is 305 g/mol. The molecule has 5 nitrogen and oxygen atoms in total. The minimum absolute atomic E-state index is 0. The average molecular weight is 306 g/mol. The third-order valence-corrected chi connectivity index (χ3v) is 3.18. The maximum Gasteiger partial charge on any atom is 0.222 e. The van der Waals surface area contributed by atoms with Crippen molar-refractivity contribution < 1.29 is 9.47 Å². The summed E-state index contributed by atoms with van der Waals surface area (Å²) in [6.45, 7) is 5.47. The van der Waals surface area contributed by atoms with Crippen LogP contribution in [-0.4, -0.2) is 34.2 Å². The van der Waals surface area contributed by atoms with Gasteiger partial charge in [-0.1, -0.05) is 13.3 Å². The number of ether oxygens (including phenoxy) is 2. The van der Waals surface area contributed by atoms with Gasteiger partial charge in [-0.3, -0.25) is 0 Å². The van der Waals surface area contributed by atoms with Crippen molar-refractivity contribution in [3.63, 3.8) is 0 Å². The van der Waals surface area contributed by atoms with E-state index in [2.05, 4.69) is 12.0 Å². The summed E-state index contributed by atoms with van der Waals surface area (Å²) in [6.07, 6.45) is 3.09. The van der Waals surface area contributed by atoms with E-state index in [1.54, 1.807) is 0 Å². The molecule has 0 amide bonds. The van der Waals surface area contributed by atoms with Crippen LogP contribution in [0.25, 0.3) is 0 Å². The largest absolute Gasteiger partial charge is 0.471 e. The van der Waals surface area contributed by atoms with Crippen LogP contribution in [0.1, 0.15) is 31.0 Å². The highest BCUT2D eigenvalue weighted by Crippen LogP contribution is 2.31. The first-order valence-electron chi connectivity index (χ1n) is 6.26. The summed E-state index contributed by atoms with van der Waals surface area (Å²) in [5, 5.41) is 4.48. The van der Waals surface area contributed by atoms with Gasteiger partial charge in [-0.05, 0) is 25.6 Å². The fourth-order valence-electron chi connectivity index (χ4n) is 2.03. The smallest absolute Gasteiger partial charge is 0.222 e. The van der Waals surface area contributed by atoms with Crippen molar-refractivity contribution in [3.05, 3.63) is 11.3 Å². The Kier molecular flexibility index (Phi) is 6.03. The molecule has 1 aromatic rings. The number of hydrogen-bond acceptors (Lipinski definition) is 4. The molecule has 1 atom stereocenters. The van der Waals surface area contributed by atoms with Crippen LogP contribution in [-0.2, 0) is 11.2 Å². The Hall–Kier alpha value is -0.850. The molecule has 0 fully saturated rings. The number of fused-ring (bicyclic) bond motifs is 1. The van der Waals surface area contributed by atoms with Gasteiger partial charge in [0.25, 0.3) is 0 Å². The van der Waals surface area contributed by atoms with Gasteiger partial charge in [0, 0.05) is 18.6 Å². The van der Waals surface area contributed by atoms with E-state index in [9.17, 15) is 0 Å². The Balaban J connectivity index is 0.00000180. The van der Waals surface area contributed by atoms with Gasteiger partial charge < -0.3 is 15.2 Å². The highest BCUT2D eigenvalue weighted by atomic mass is 35.5. The first-order valence-corrected chi connectivity index (χ1v) is 6.67. The lowest BCUT2D eigenvalue weighted by Gasteiger charge is -2.12. The van der Waals surface area contributed by atoms with Gasteiger partial charge in [0.2, 0.25) is 5.88 Å². The third-order valence-electron chi connectivity index (χ3n) is 3.00. The Morgan fingerprint density at radius 3 is 3.00 bits per heavy atom. The zero-order valence-corrected chi connectivity index (χ0v) is 12.9. The van der Waals surface area contributed by atoms with E-state index in [-0.39, 0.29) is 23.6 Å². The summed E-state index contributed by atoms with van der Waals surface area (Å²) in [5.41, 5.74) is 7.62. The molecule has 1 aliphatic rings. The SMILES string of the molecule is CCCCOCC1Cc2c(C)nn(C(N)=S)c2O1.Cl. The van der Waals surface area contributed by atoms with E-state index < -0.39 is 0 Å². The van der Waals surface area contributed by atoms with Crippen molar-refractivity contribution in [2.24, 2.45) is 5.73 Å². The minimum atomic E-state index is 0. The molecule has 108 valence electrons. The maximum atomic E-state index is 5.81.